The molecule has 2 N–H and O–H groups in total. The summed E-state index contributed by atoms with van der Waals surface area (Å²) in [5.74, 6) is -0.619. The Bertz CT molecular complexity index is 613. The van der Waals surface area contributed by atoms with Gasteiger partial charge in [0.05, 0.1) is 16.4 Å². The van der Waals surface area contributed by atoms with Crippen LogP contribution >= 0.6 is 0 Å². The van der Waals surface area contributed by atoms with E-state index in [1.165, 1.54) is 6.08 Å². The molecule has 20 heavy (non-hydrogen) atoms. The van der Waals surface area contributed by atoms with E-state index in [2.05, 4.69) is 6.58 Å². The van der Waals surface area contributed by atoms with Crippen LogP contribution in [0.1, 0.15) is 0 Å². The van der Waals surface area contributed by atoms with Crippen molar-refractivity contribution in [3.8, 4) is 5.75 Å². The van der Waals surface area contributed by atoms with Crippen LogP contribution in [0, 0.1) is 10.1 Å². The van der Waals surface area contributed by atoms with Gasteiger partial charge in [0, 0.05) is 19.2 Å². The number of hydrogen-bond acceptors (Lipinski definition) is 6. The largest absolute Gasteiger partial charge is 0.502 e. The molecular formula is C11H14N2O6S. The maximum atomic E-state index is 12.3. The van der Waals surface area contributed by atoms with Gasteiger partial charge in [0.15, 0.2) is 5.75 Å². The second kappa shape index (κ2) is 6.46. The van der Waals surface area contributed by atoms with Crippen molar-refractivity contribution in [1.82, 2.24) is 4.31 Å². The average Bonchev–Trinajstić information content (AvgIpc) is 2.38. The fourth-order valence-electron chi connectivity index (χ4n) is 1.52. The third-order valence-corrected chi connectivity index (χ3v) is 4.32. The molecule has 0 unspecified atom stereocenters. The van der Waals surface area contributed by atoms with Crippen molar-refractivity contribution in [3.05, 3.63) is 41.0 Å². The number of phenols is 1. The van der Waals surface area contributed by atoms with Gasteiger partial charge in [0.1, 0.15) is 0 Å². The number of sulfonamides is 1. The molecule has 0 aliphatic rings. The summed E-state index contributed by atoms with van der Waals surface area (Å²) in [6.07, 6.45) is 1.34. The van der Waals surface area contributed by atoms with Crippen molar-refractivity contribution in [2.45, 2.75) is 4.90 Å². The Hall–Kier alpha value is -1.97. The molecule has 110 valence electrons. The summed E-state index contributed by atoms with van der Waals surface area (Å²) >= 11 is 0. The Morgan fingerprint density at radius 3 is 2.60 bits per heavy atom. The van der Waals surface area contributed by atoms with Crippen molar-refractivity contribution in [3.63, 3.8) is 0 Å². The Morgan fingerprint density at radius 1 is 1.45 bits per heavy atom. The molecule has 0 saturated heterocycles. The lowest BCUT2D eigenvalue weighted by Crippen LogP contribution is -2.33. The van der Waals surface area contributed by atoms with Crippen LogP contribution in [0.4, 0.5) is 5.69 Å². The van der Waals surface area contributed by atoms with Crippen molar-refractivity contribution in [2.75, 3.05) is 19.7 Å². The van der Waals surface area contributed by atoms with Gasteiger partial charge in [-0.05, 0) is 12.1 Å². The number of phenolic OH excluding ortho intramolecular Hbond substituents is 1. The van der Waals surface area contributed by atoms with Gasteiger partial charge in [-0.2, -0.15) is 4.31 Å². The zero-order valence-corrected chi connectivity index (χ0v) is 11.3. The number of nitrogens with zero attached hydrogens (tertiary/aromatic N) is 2. The molecule has 0 spiro atoms. The van der Waals surface area contributed by atoms with E-state index in [-0.39, 0.29) is 18.0 Å². The predicted molar refractivity (Wildman–Crippen MR) is 70.8 cm³/mol. The lowest BCUT2D eigenvalue weighted by atomic mass is 10.3. The number of nitro groups is 1. The highest BCUT2D eigenvalue weighted by molar-refractivity contribution is 7.89. The van der Waals surface area contributed by atoms with Gasteiger partial charge in [0.2, 0.25) is 10.0 Å². The summed E-state index contributed by atoms with van der Waals surface area (Å²) in [6, 6.07) is 2.78. The zero-order chi connectivity index (χ0) is 15.3. The maximum Gasteiger partial charge on any atom is 0.312 e. The smallest absolute Gasteiger partial charge is 0.312 e. The molecule has 8 nitrogen and oxygen atoms in total. The molecule has 0 aromatic heterocycles. The van der Waals surface area contributed by atoms with Crippen molar-refractivity contribution in [1.29, 1.82) is 0 Å². The van der Waals surface area contributed by atoms with Crippen LogP contribution in [0.3, 0.4) is 0 Å². The number of hydrogen-bond donors (Lipinski definition) is 2. The number of benzene rings is 1. The minimum atomic E-state index is -4.01. The van der Waals surface area contributed by atoms with Crippen LogP contribution in [0.25, 0.3) is 0 Å². The van der Waals surface area contributed by atoms with E-state index < -0.39 is 33.0 Å². The number of rotatable bonds is 7. The van der Waals surface area contributed by atoms with Crippen LogP contribution in [0.15, 0.2) is 35.7 Å². The number of aliphatic hydroxyl groups excluding tert-OH is 1. The third-order valence-electron chi connectivity index (χ3n) is 2.46. The van der Waals surface area contributed by atoms with E-state index in [0.717, 1.165) is 22.5 Å². The molecule has 1 rings (SSSR count). The van der Waals surface area contributed by atoms with E-state index >= 15 is 0 Å². The van der Waals surface area contributed by atoms with E-state index in [9.17, 15) is 23.6 Å². The minimum absolute atomic E-state index is 0.0441. The van der Waals surface area contributed by atoms with Gasteiger partial charge in [-0.1, -0.05) is 6.08 Å². The Kier molecular flexibility index (Phi) is 5.19. The molecule has 0 heterocycles. The normalized spacial score (nSPS) is 11.5. The Morgan fingerprint density at radius 2 is 2.10 bits per heavy atom. The van der Waals surface area contributed by atoms with Crippen molar-refractivity contribution in [2.24, 2.45) is 0 Å². The number of aromatic hydroxyl groups is 1. The van der Waals surface area contributed by atoms with Gasteiger partial charge in [-0.3, -0.25) is 10.1 Å². The van der Waals surface area contributed by atoms with Crippen LogP contribution in [0.2, 0.25) is 0 Å². The molecule has 1 aromatic carbocycles. The van der Waals surface area contributed by atoms with Crippen LogP contribution in [-0.4, -0.2) is 47.6 Å². The molecule has 0 aliphatic carbocycles. The highest BCUT2D eigenvalue weighted by Gasteiger charge is 2.26. The maximum absolute atomic E-state index is 12.3. The number of aliphatic hydroxyl groups is 1. The summed E-state index contributed by atoms with van der Waals surface area (Å²) in [6.45, 7) is 2.81. The van der Waals surface area contributed by atoms with E-state index in [4.69, 9.17) is 5.11 Å². The first-order valence-corrected chi connectivity index (χ1v) is 6.98. The summed E-state index contributed by atoms with van der Waals surface area (Å²) in [7, 11) is -4.01. The van der Waals surface area contributed by atoms with Crippen molar-refractivity contribution >= 4 is 15.7 Å². The van der Waals surface area contributed by atoms with Gasteiger partial charge in [-0.15, -0.1) is 6.58 Å². The molecule has 0 radical (unpaired) electrons. The standard InChI is InChI=1S/C11H14N2O6S/c1-2-5-12(6-7-14)20(18,19)9-3-4-11(15)10(8-9)13(16)17/h2-4,8,14-15H,1,5-7H2. The lowest BCUT2D eigenvalue weighted by Gasteiger charge is -2.19. The lowest BCUT2D eigenvalue weighted by molar-refractivity contribution is -0.386. The second-order valence-electron chi connectivity index (χ2n) is 3.78. The fourth-order valence-corrected chi connectivity index (χ4v) is 2.95. The summed E-state index contributed by atoms with van der Waals surface area (Å²) in [5, 5.41) is 28.9. The summed E-state index contributed by atoms with van der Waals surface area (Å²) in [5.41, 5.74) is -0.700. The molecule has 1 aromatic rings. The monoisotopic (exact) mass is 302 g/mol. The van der Waals surface area contributed by atoms with Crippen LogP contribution < -0.4 is 0 Å². The molecule has 9 heteroatoms. The first-order valence-electron chi connectivity index (χ1n) is 5.54. The van der Waals surface area contributed by atoms with Gasteiger partial charge < -0.3 is 10.2 Å². The van der Waals surface area contributed by atoms with Crippen LogP contribution in [-0.2, 0) is 10.0 Å². The molecule has 0 bridgehead atoms. The molecule has 0 amide bonds. The third kappa shape index (κ3) is 3.32. The highest BCUT2D eigenvalue weighted by Crippen LogP contribution is 2.29. The zero-order valence-electron chi connectivity index (χ0n) is 10.5. The second-order valence-corrected chi connectivity index (χ2v) is 5.72. The predicted octanol–water partition coefficient (Wildman–Crippen LogP) is 0.469. The van der Waals surface area contributed by atoms with E-state index in [1.807, 2.05) is 0 Å². The Balaban J connectivity index is 3.30. The fraction of sp³-hybridized carbons (Fsp3) is 0.273. The Labute approximate surface area is 115 Å². The van der Waals surface area contributed by atoms with Crippen molar-refractivity contribution < 1.29 is 23.6 Å². The first-order chi connectivity index (χ1) is 9.34. The summed E-state index contributed by atoms with van der Waals surface area (Å²) in [4.78, 5) is 9.49. The summed E-state index contributed by atoms with van der Waals surface area (Å²) < 4.78 is 25.4. The van der Waals surface area contributed by atoms with Gasteiger partial charge in [-0.25, -0.2) is 8.42 Å². The highest BCUT2D eigenvalue weighted by atomic mass is 32.2. The van der Waals surface area contributed by atoms with E-state index in [1.54, 1.807) is 0 Å². The topological polar surface area (TPSA) is 121 Å². The number of nitro benzene ring substituents is 1. The quantitative estimate of drug-likeness (QED) is 0.429. The SMILES string of the molecule is C=CCN(CCO)S(=O)(=O)c1ccc(O)c([N+](=O)[O-])c1. The average molecular weight is 302 g/mol. The molecule has 0 fully saturated rings. The minimum Gasteiger partial charge on any atom is -0.502 e. The first kappa shape index (κ1) is 16.1. The van der Waals surface area contributed by atoms with Gasteiger partial charge in [0.25, 0.3) is 0 Å². The molecule has 0 saturated carbocycles. The van der Waals surface area contributed by atoms with Gasteiger partial charge >= 0.3 is 5.69 Å². The molecular weight excluding hydrogens is 288 g/mol. The molecule has 0 atom stereocenters. The molecule has 0 aliphatic heterocycles. The van der Waals surface area contributed by atoms with E-state index in [0.29, 0.717) is 0 Å². The van der Waals surface area contributed by atoms with Crippen LogP contribution in [0.5, 0.6) is 5.75 Å².